The first-order chi connectivity index (χ1) is 7.43. The standard InChI is InChI=1S/C11H21N3O2/c1-8(2)10(12)11(16)14-6-4-5-13(3)9(15)7-14/h8,10H,4-7,12H2,1-3H3/t10-/m1/s1. The SMILES string of the molecule is CC(C)[C@@H](N)C(=O)N1CCCN(C)C(=O)C1. The lowest BCUT2D eigenvalue weighted by Crippen LogP contribution is -2.48. The summed E-state index contributed by atoms with van der Waals surface area (Å²) in [5.41, 5.74) is 5.81. The van der Waals surface area contributed by atoms with Crippen LogP contribution >= 0.6 is 0 Å². The molecule has 0 saturated carbocycles. The minimum absolute atomic E-state index is 0.0122. The smallest absolute Gasteiger partial charge is 0.241 e. The van der Waals surface area contributed by atoms with E-state index in [4.69, 9.17) is 5.73 Å². The second kappa shape index (κ2) is 5.30. The summed E-state index contributed by atoms with van der Waals surface area (Å²) in [5.74, 6) is -0.0240. The predicted molar refractivity (Wildman–Crippen MR) is 61.6 cm³/mol. The summed E-state index contributed by atoms with van der Waals surface area (Å²) in [5, 5.41) is 0. The monoisotopic (exact) mass is 227 g/mol. The zero-order valence-corrected chi connectivity index (χ0v) is 10.3. The molecule has 1 atom stereocenters. The zero-order chi connectivity index (χ0) is 12.3. The minimum Gasteiger partial charge on any atom is -0.344 e. The topological polar surface area (TPSA) is 66.6 Å². The maximum Gasteiger partial charge on any atom is 0.241 e. The van der Waals surface area contributed by atoms with Crippen molar-refractivity contribution in [1.29, 1.82) is 0 Å². The number of nitrogens with zero attached hydrogens (tertiary/aromatic N) is 2. The quantitative estimate of drug-likeness (QED) is 0.702. The van der Waals surface area contributed by atoms with Crippen LogP contribution in [0.3, 0.4) is 0 Å². The Morgan fingerprint density at radius 1 is 1.38 bits per heavy atom. The number of likely N-dealkylation sites (N-methyl/N-ethyl adjacent to an activating group) is 1. The number of hydrogen-bond donors (Lipinski definition) is 1. The van der Waals surface area contributed by atoms with Gasteiger partial charge < -0.3 is 15.5 Å². The van der Waals surface area contributed by atoms with Crippen LogP contribution in [-0.4, -0.2) is 54.3 Å². The Balaban J connectivity index is 2.66. The van der Waals surface area contributed by atoms with Crippen molar-refractivity contribution in [3.8, 4) is 0 Å². The van der Waals surface area contributed by atoms with Gasteiger partial charge in [-0.25, -0.2) is 0 Å². The third kappa shape index (κ3) is 2.95. The highest BCUT2D eigenvalue weighted by Gasteiger charge is 2.27. The molecule has 5 nitrogen and oxygen atoms in total. The van der Waals surface area contributed by atoms with E-state index in [0.29, 0.717) is 13.1 Å². The third-order valence-corrected chi connectivity index (χ3v) is 2.99. The highest BCUT2D eigenvalue weighted by molar-refractivity contribution is 5.87. The largest absolute Gasteiger partial charge is 0.344 e. The Morgan fingerprint density at radius 3 is 2.56 bits per heavy atom. The molecule has 2 amide bonds. The highest BCUT2D eigenvalue weighted by atomic mass is 16.2. The van der Waals surface area contributed by atoms with Crippen molar-refractivity contribution in [3.63, 3.8) is 0 Å². The number of hydrogen-bond acceptors (Lipinski definition) is 3. The molecule has 1 fully saturated rings. The lowest BCUT2D eigenvalue weighted by molar-refractivity contribution is -0.139. The Labute approximate surface area is 96.6 Å². The van der Waals surface area contributed by atoms with Gasteiger partial charge in [0.25, 0.3) is 0 Å². The lowest BCUT2D eigenvalue weighted by atomic mass is 10.0. The Bertz CT molecular complexity index is 278. The minimum atomic E-state index is -0.504. The highest BCUT2D eigenvalue weighted by Crippen LogP contribution is 2.08. The molecule has 16 heavy (non-hydrogen) atoms. The first-order valence-electron chi connectivity index (χ1n) is 5.71. The predicted octanol–water partition coefficient (Wildman–Crippen LogP) is -0.340. The fourth-order valence-corrected chi connectivity index (χ4v) is 1.67. The number of nitrogens with two attached hydrogens (primary N) is 1. The van der Waals surface area contributed by atoms with Crippen LogP contribution in [0.1, 0.15) is 20.3 Å². The van der Waals surface area contributed by atoms with Gasteiger partial charge in [-0.15, -0.1) is 0 Å². The molecule has 1 heterocycles. The molecule has 0 aromatic carbocycles. The van der Waals surface area contributed by atoms with E-state index in [1.807, 2.05) is 13.8 Å². The molecule has 0 spiro atoms. The van der Waals surface area contributed by atoms with Gasteiger partial charge in [-0.1, -0.05) is 13.8 Å². The average molecular weight is 227 g/mol. The summed E-state index contributed by atoms with van der Waals surface area (Å²) in [4.78, 5) is 26.8. The van der Waals surface area contributed by atoms with Crippen LogP contribution in [-0.2, 0) is 9.59 Å². The average Bonchev–Trinajstić information content (AvgIpc) is 2.39. The molecule has 92 valence electrons. The van der Waals surface area contributed by atoms with Gasteiger partial charge in [0.15, 0.2) is 0 Å². The molecule has 2 N–H and O–H groups in total. The maximum absolute atomic E-state index is 12.0. The second-order valence-electron chi connectivity index (χ2n) is 4.70. The van der Waals surface area contributed by atoms with Gasteiger partial charge >= 0.3 is 0 Å². The van der Waals surface area contributed by atoms with Crippen LogP contribution in [0.4, 0.5) is 0 Å². The summed E-state index contributed by atoms with van der Waals surface area (Å²) < 4.78 is 0. The summed E-state index contributed by atoms with van der Waals surface area (Å²) in [7, 11) is 1.76. The molecule has 0 radical (unpaired) electrons. The zero-order valence-electron chi connectivity index (χ0n) is 10.3. The van der Waals surface area contributed by atoms with Gasteiger partial charge in [0.2, 0.25) is 11.8 Å². The number of carbonyl (C=O) groups is 2. The van der Waals surface area contributed by atoms with Crippen LogP contribution in [0, 0.1) is 5.92 Å². The maximum atomic E-state index is 12.0. The van der Waals surface area contributed by atoms with Gasteiger partial charge in [-0.05, 0) is 12.3 Å². The molecule has 1 saturated heterocycles. The first-order valence-corrected chi connectivity index (χ1v) is 5.71. The molecular weight excluding hydrogens is 206 g/mol. The summed E-state index contributed by atoms with van der Waals surface area (Å²) >= 11 is 0. The van der Waals surface area contributed by atoms with Crippen LogP contribution < -0.4 is 5.73 Å². The number of rotatable bonds is 2. The molecule has 5 heteroatoms. The van der Waals surface area contributed by atoms with Crippen LogP contribution in [0.25, 0.3) is 0 Å². The summed E-state index contributed by atoms with van der Waals surface area (Å²) in [6.45, 7) is 5.31. The Hall–Kier alpha value is -1.10. The van der Waals surface area contributed by atoms with Crippen molar-refractivity contribution in [1.82, 2.24) is 9.80 Å². The van der Waals surface area contributed by atoms with Crippen molar-refractivity contribution < 1.29 is 9.59 Å². The van der Waals surface area contributed by atoms with E-state index in [1.54, 1.807) is 16.8 Å². The number of carbonyl (C=O) groups excluding carboxylic acids is 2. The van der Waals surface area contributed by atoms with Crippen molar-refractivity contribution >= 4 is 11.8 Å². The van der Waals surface area contributed by atoms with Gasteiger partial charge in [-0.3, -0.25) is 9.59 Å². The van der Waals surface area contributed by atoms with Gasteiger partial charge in [0.05, 0.1) is 12.6 Å². The molecule has 0 bridgehead atoms. The van der Waals surface area contributed by atoms with E-state index in [0.717, 1.165) is 6.42 Å². The van der Waals surface area contributed by atoms with E-state index in [2.05, 4.69) is 0 Å². The second-order valence-corrected chi connectivity index (χ2v) is 4.70. The fourth-order valence-electron chi connectivity index (χ4n) is 1.67. The van der Waals surface area contributed by atoms with Gasteiger partial charge in [0, 0.05) is 20.1 Å². The molecule has 1 aliphatic rings. The lowest BCUT2D eigenvalue weighted by Gasteiger charge is -2.25. The van der Waals surface area contributed by atoms with Crippen LogP contribution in [0.15, 0.2) is 0 Å². The van der Waals surface area contributed by atoms with Crippen LogP contribution in [0.5, 0.6) is 0 Å². The first kappa shape index (κ1) is 13.0. The molecule has 0 aliphatic carbocycles. The molecule has 1 aliphatic heterocycles. The molecule has 0 aromatic rings. The van der Waals surface area contributed by atoms with E-state index in [9.17, 15) is 9.59 Å². The van der Waals surface area contributed by atoms with Crippen molar-refractivity contribution in [2.45, 2.75) is 26.3 Å². The van der Waals surface area contributed by atoms with E-state index < -0.39 is 6.04 Å². The van der Waals surface area contributed by atoms with E-state index >= 15 is 0 Å². The Kier molecular flexibility index (Phi) is 4.29. The van der Waals surface area contributed by atoms with E-state index in [-0.39, 0.29) is 24.3 Å². The Morgan fingerprint density at radius 2 is 2.00 bits per heavy atom. The molecular formula is C11H21N3O2. The van der Waals surface area contributed by atoms with Crippen molar-refractivity contribution in [3.05, 3.63) is 0 Å². The summed E-state index contributed by atoms with van der Waals surface area (Å²) in [6.07, 6.45) is 0.818. The van der Waals surface area contributed by atoms with Gasteiger partial charge in [0.1, 0.15) is 0 Å². The van der Waals surface area contributed by atoms with Crippen molar-refractivity contribution in [2.24, 2.45) is 11.7 Å². The fraction of sp³-hybridized carbons (Fsp3) is 0.818. The molecule has 1 rings (SSSR count). The van der Waals surface area contributed by atoms with Gasteiger partial charge in [-0.2, -0.15) is 0 Å². The van der Waals surface area contributed by atoms with E-state index in [1.165, 1.54) is 0 Å². The van der Waals surface area contributed by atoms with Crippen molar-refractivity contribution in [2.75, 3.05) is 26.7 Å². The summed E-state index contributed by atoms with van der Waals surface area (Å²) in [6, 6.07) is -0.504. The molecule has 0 aromatic heterocycles. The normalized spacial score (nSPS) is 19.9. The third-order valence-electron chi connectivity index (χ3n) is 2.99. The van der Waals surface area contributed by atoms with Crippen LogP contribution in [0.2, 0.25) is 0 Å². The molecule has 0 unspecified atom stereocenters. The number of amides is 2.